The Morgan fingerprint density at radius 1 is 1.11 bits per heavy atom. The molecule has 0 spiro atoms. The van der Waals surface area contributed by atoms with Gasteiger partial charge in [-0.25, -0.2) is 4.98 Å². The minimum atomic E-state index is 0.115. The second-order valence-electron chi connectivity index (χ2n) is 6.83. The average Bonchev–Trinajstić information content (AvgIpc) is 2.67. The van der Waals surface area contributed by atoms with Gasteiger partial charge in [-0.2, -0.15) is 0 Å². The predicted octanol–water partition coefficient (Wildman–Crippen LogP) is 4.06. The molecule has 0 radical (unpaired) electrons. The summed E-state index contributed by atoms with van der Waals surface area (Å²) in [5.41, 5.74) is 2.11. The van der Waals surface area contributed by atoms with Crippen molar-refractivity contribution in [3.63, 3.8) is 0 Å². The highest BCUT2D eigenvalue weighted by molar-refractivity contribution is 5.88. The van der Waals surface area contributed by atoms with Gasteiger partial charge in [0.05, 0.1) is 24.6 Å². The van der Waals surface area contributed by atoms with Crippen LogP contribution in [0.15, 0.2) is 54.7 Å². The van der Waals surface area contributed by atoms with Gasteiger partial charge in [0.1, 0.15) is 11.6 Å². The number of aromatic nitrogens is 1. The molecule has 1 heterocycles. The van der Waals surface area contributed by atoms with Crippen LogP contribution >= 0.6 is 0 Å². The van der Waals surface area contributed by atoms with Gasteiger partial charge in [-0.3, -0.25) is 0 Å². The van der Waals surface area contributed by atoms with Crippen molar-refractivity contribution in [3.8, 4) is 5.75 Å². The van der Waals surface area contributed by atoms with Gasteiger partial charge in [0.15, 0.2) is 0 Å². The first-order valence-corrected chi connectivity index (χ1v) is 9.27. The van der Waals surface area contributed by atoms with Crippen LogP contribution in [0.5, 0.6) is 5.75 Å². The minimum absolute atomic E-state index is 0.115. The Hall–Kier alpha value is -2.79. The number of likely N-dealkylation sites (N-methyl/N-ethyl adjacent to an activating group) is 1. The summed E-state index contributed by atoms with van der Waals surface area (Å²) >= 11 is 0. The van der Waals surface area contributed by atoms with Crippen LogP contribution in [0.25, 0.3) is 10.8 Å². The highest BCUT2D eigenvalue weighted by Gasteiger charge is 2.11. The van der Waals surface area contributed by atoms with Gasteiger partial charge in [-0.15, -0.1) is 0 Å². The van der Waals surface area contributed by atoms with Crippen molar-refractivity contribution in [2.45, 2.75) is 26.5 Å². The standard InChI is InChI=1S/C22H27N3O2/c1-16(2)27-21-10-8-17-6-4-5-7-19(17)20(21)15-24-22-11-9-18(14-23-22)25(3)12-13-26/h4-11,14,16,26H,12-13,15H2,1-3H3,(H,23,24). The number of hydrogen-bond acceptors (Lipinski definition) is 5. The van der Waals surface area contributed by atoms with Crippen molar-refractivity contribution in [3.05, 3.63) is 60.3 Å². The van der Waals surface area contributed by atoms with Gasteiger partial charge in [-0.05, 0) is 42.8 Å². The van der Waals surface area contributed by atoms with Crippen molar-refractivity contribution in [1.29, 1.82) is 0 Å². The molecule has 0 saturated carbocycles. The highest BCUT2D eigenvalue weighted by atomic mass is 16.5. The zero-order valence-corrected chi connectivity index (χ0v) is 16.1. The Morgan fingerprint density at radius 3 is 2.63 bits per heavy atom. The molecule has 0 aliphatic heterocycles. The Bertz CT molecular complexity index is 878. The van der Waals surface area contributed by atoms with Crippen LogP contribution in [0, 0.1) is 0 Å². The quantitative estimate of drug-likeness (QED) is 0.630. The van der Waals surface area contributed by atoms with Crippen molar-refractivity contribution in [2.24, 2.45) is 0 Å². The lowest BCUT2D eigenvalue weighted by atomic mass is 10.0. The summed E-state index contributed by atoms with van der Waals surface area (Å²) in [6, 6.07) is 16.4. The first kappa shape index (κ1) is 19.0. The molecular formula is C22H27N3O2. The highest BCUT2D eigenvalue weighted by Crippen LogP contribution is 2.29. The number of benzene rings is 2. The van der Waals surface area contributed by atoms with Crippen LogP contribution in [0.4, 0.5) is 11.5 Å². The van der Waals surface area contributed by atoms with Crippen LogP contribution in [0.1, 0.15) is 19.4 Å². The van der Waals surface area contributed by atoms with Gasteiger partial charge in [0.25, 0.3) is 0 Å². The summed E-state index contributed by atoms with van der Waals surface area (Å²) < 4.78 is 6.03. The summed E-state index contributed by atoms with van der Waals surface area (Å²) in [5, 5.41) is 14.8. The molecular weight excluding hydrogens is 338 g/mol. The fraction of sp³-hybridized carbons (Fsp3) is 0.318. The lowest BCUT2D eigenvalue weighted by molar-refractivity contribution is 0.240. The third kappa shape index (κ3) is 4.68. The molecule has 5 heteroatoms. The predicted molar refractivity (Wildman–Crippen MR) is 112 cm³/mol. The van der Waals surface area contributed by atoms with Gasteiger partial charge >= 0.3 is 0 Å². The van der Waals surface area contributed by atoms with Crippen molar-refractivity contribution >= 4 is 22.3 Å². The molecule has 3 rings (SSSR count). The molecule has 3 aromatic rings. The maximum Gasteiger partial charge on any atom is 0.126 e. The van der Waals surface area contributed by atoms with Crippen LogP contribution in [0.3, 0.4) is 0 Å². The zero-order valence-electron chi connectivity index (χ0n) is 16.1. The Morgan fingerprint density at radius 2 is 1.93 bits per heavy atom. The van der Waals surface area contributed by atoms with E-state index in [4.69, 9.17) is 9.84 Å². The Balaban J connectivity index is 1.81. The number of pyridine rings is 1. The molecule has 0 saturated heterocycles. The molecule has 0 aliphatic carbocycles. The fourth-order valence-electron chi connectivity index (χ4n) is 3.04. The summed E-state index contributed by atoms with van der Waals surface area (Å²) in [7, 11) is 1.94. The van der Waals surface area contributed by atoms with E-state index in [0.29, 0.717) is 13.1 Å². The maximum atomic E-state index is 9.05. The number of nitrogens with zero attached hydrogens (tertiary/aromatic N) is 2. The van der Waals surface area contributed by atoms with Gasteiger partial charge in [0.2, 0.25) is 0 Å². The van der Waals surface area contributed by atoms with E-state index in [2.05, 4.69) is 34.6 Å². The molecule has 0 unspecified atom stereocenters. The van der Waals surface area contributed by atoms with Crippen LogP contribution in [-0.2, 0) is 6.54 Å². The monoisotopic (exact) mass is 365 g/mol. The Kier molecular flexibility index (Phi) is 6.14. The topological polar surface area (TPSA) is 57.6 Å². The molecule has 0 bridgehead atoms. The third-order valence-corrected chi connectivity index (χ3v) is 4.43. The minimum Gasteiger partial charge on any atom is -0.491 e. The van der Waals surface area contributed by atoms with Crippen LogP contribution in [0.2, 0.25) is 0 Å². The van der Waals surface area contributed by atoms with E-state index < -0.39 is 0 Å². The van der Waals surface area contributed by atoms with Crippen molar-refractivity contribution in [1.82, 2.24) is 4.98 Å². The summed E-state index contributed by atoms with van der Waals surface area (Å²) in [6.07, 6.45) is 1.93. The lowest BCUT2D eigenvalue weighted by Gasteiger charge is -2.19. The molecule has 0 amide bonds. The van der Waals surface area contributed by atoms with Gasteiger partial charge < -0.3 is 20.1 Å². The van der Waals surface area contributed by atoms with Crippen molar-refractivity contribution in [2.75, 3.05) is 30.4 Å². The number of ether oxygens (including phenoxy) is 1. The fourth-order valence-corrected chi connectivity index (χ4v) is 3.04. The van der Waals surface area contributed by atoms with E-state index in [9.17, 15) is 0 Å². The summed E-state index contributed by atoms with van der Waals surface area (Å²) in [5.74, 6) is 1.70. The van der Waals surface area contributed by atoms with E-state index >= 15 is 0 Å². The first-order valence-electron chi connectivity index (χ1n) is 9.27. The average molecular weight is 365 g/mol. The zero-order chi connectivity index (χ0) is 19.2. The van der Waals surface area contributed by atoms with E-state index in [1.165, 1.54) is 10.8 Å². The number of aliphatic hydroxyl groups is 1. The van der Waals surface area contributed by atoms with Gasteiger partial charge in [-0.1, -0.05) is 30.3 Å². The lowest BCUT2D eigenvalue weighted by Crippen LogP contribution is -2.21. The number of anilines is 2. The molecule has 142 valence electrons. The normalized spacial score (nSPS) is 11.0. The SMILES string of the molecule is CC(C)Oc1ccc2ccccc2c1CNc1ccc(N(C)CCO)cn1. The largest absolute Gasteiger partial charge is 0.491 e. The van der Waals surface area contributed by atoms with Crippen molar-refractivity contribution < 1.29 is 9.84 Å². The summed E-state index contributed by atoms with van der Waals surface area (Å²) in [6.45, 7) is 5.41. The number of aliphatic hydroxyl groups excluding tert-OH is 1. The molecule has 27 heavy (non-hydrogen) atoms. The number of rotatable bonds is 8. The smallest absolute Gasteiger partial charge is 0.126 e. The third-order valence-electron chi connectivity index (χ3n) is 4.43. The Labute approximate surface area is 160 Å². The van der Waals surface area contributed by atoms with E-state index in [-0.39, 0.29) is 12.7 Å². The summed E-state index contributed by atoms with van der Waals surface area (Å²) in [4.78, 5) is 6.46. The molecule has 5 nitrogen and oxygen atoms in total. The maximum absolute atomic E-state index is 9.05. The first-order chi connectivity index (χ1) is 13.1. The number of nitrogens with one attached hydrogen (secondary N) is 1. The number of fused-ring (bicyclic) bond motifs is 1. The molecule has 0 fully saturated rings. The van der Waals surface area contributed by atoms with Crippen LogP contribution < -0.4 is 15.0 Å². The molecule has 0 aliphatic rings. The van der Waals surface area contributed by atoms with E-state index in [1.807, 2.05) is 56.3 Å². The van der Waals surface area contributed by atoms with Crippen LogP contribution in [-0.4, -0.2) is 36.4 Å². The van der Waals surface area contributed by atoms with E-state index in [0.717, 1.165) is 22.8 Å². The molecule has 1 aromatic heterocycles. The molecule has 2 N–H and O–H groups in total. The molecule has 0 atom stereocenters. The second-order valence-corrected chi connectivity index (χ2v) is 6.83. The van der Waals surface area contributed by atoms with Gasteiger partial charge in [0, 0.05) is 25.7 Å². The molecule has 2 aromatic carbocycles. The second kappa shape index (κ2) is 8.73. The van der Waals surface area contributed by atoms with E-state index in [1.54, 1.807) is 0 Å². The number of hydrogen-bond donors (Lipinski definition) is 2.